The molecule has 1 aromatic rings. The van der Waals surface area contributed by atoms with Crippen molar-refractivity contribution in [1.82, 2.24) is 0 Å². The van der Waals surface area contributed by atoms with Gasteiger partial charge >= 0.3 is 5.97 Å². The normalized spacial score (nSPS) is 18.9. The van der Waals surface area contributed by atoms with Crippen LogP contribution in [0.2, 0.25) is 5.02 Å². The Morgan fingerprint density at radius 3 is 3.00 bits per heavy atom. The zero-order chi connectivity index (χ0) is 10.3. The van der Waals surface area contributed by atoms with Gasteiger partial charge in [0.25, 0.3) is 0 Å². The number of fused-ring (bicyclic) bond motifs is 1. The number of benzene rings is 1. The molecule has 0 fully saturated rings. The van der Waals surface area contributed by atoms with Crippen LogP contribution >= 0.6 is 11.6 Å². The molecule has 5 heteroatoms. The highest BCUT2D eigenvalue weighted by molar-refractivity contribution is 6.32. The second kappa shape index (κ2) is 3.15. The van der Waals surface area contributed by atoms with Crippen LogP contribution in [-0.4, -0.2) is 17.7 Å². The van der Waals surface area contributed by atoms with Crippen LogP contribution in [0.1, 0.15) is 22.0 Å². The SMILES string of the molecule is N[C@H]1COc2cc(C(=O)O)cc(Cl)c21. The molecular weight excluding hydrogens is 206 g/mol. The Kier molecular flexibility index (Phi) is 2.09. The van der Waals surface area contributed by atoms with E-state index < -0.39 is 5.97 Å². The Morgan fingerprint density at radius 1 is 1.64 bits per heavy atom. The van der Waals surface area contributed by atoms with E-state index in [0.29, 0.717) is 22.9 Å². The third kappa shape index (κ3) is 1.32. The number of hydrogen-bond donors (Lipinski definition) is 2. The van der Waals surface area contributed by atoms with Gasteiger partial charge in [0.05, 0.1) is 16.6 Å². The molecule has 0 saturated carbocycles. The second-order valence-corrected chi connectivity index (χ2v) is 3.50. The van der Waals surface area contributed by atoms with E-state index in [-0.39, 0.29) is 11.6 Å². The van der Waals surface area contributed by atoms with Crippen molar-refractivity contribution in [2.75, 3.05) is 6.61 Å². The standard InChI is InChI=1S/C9H8ClNO3/c10-5-1-4(9(12)13)2-7-8(5)6(11)3-14-7/h1-2,6H,3,11H2,(H,12,13)/t6-/m0/s1. The first kappa shape index (κ1) is 9.30. The van der Waals surface area contributed by atoms with Crippen LogP contribution in [0.4, 0.5) is 0 Å². The molecule has 0 radical (unpaired) electrons. The summed E-state index contributed by atoms with van der Waals surface area (Å²) >= 11 is 5.89. The van der Waals surface area contributed by atoms with Gasteiger partial charge in [-0.1, -0.05) is 11.6 Å². The summed E-state index contributed by atoms with van der Waals surface area (Å²) in [4.78, 5) is 10.7. The van der Waals surface area contributed by atoms with E-state index in [0.717, 1.165) is 0 Å². The molecule has 0 bridgehead atoms. The van der Waals surface area contributed by atoms with Gasteiger partial charge in [0.1, 0.15) is 12.4 Å². The highest BCUT2D eigenvalue weighted by atomic mass is 35.5. The fraction of sp³-hybridized carbons (Fsp3) is 0.222. The lowest BCUT2D eigenvalue weighted by atomic mass is 10.1. The van der Waals surface area contributed by atoms with E-state index in [4.69, 9.17) is 27.2 Å². The average Bonchev–Trinajstić information content (AvgIpc) is 2.48. The molecule has 0 spiro atoms. The highest BCUT2D eigenvalue weighted by Crippen LogP contribution is 2.37. The molecule has 0 aromatic heterocycles. The van der Waals surface area contributed by atoms with Crippen LogP contribution in [0.3, 0.4) is 0 Å². The van der Waals surface area contributed by atoms with Crippen LogP contribution < -0.4 is 10.5 Å². The number of carboxylic acid groups (broad SMARTS) is 1. The topological polar surface area (TPSA) is 72.5 Å². The van der Waals surface area contributed by atoms with Crippen molar-refractivity contribution >= 4 is 17.6 Å². The lowest BCUT2D eigenvalue weighted by Gasteiger charge is -2.04. The smallest absolute Gasteiger partial charge is 0.335 e. The van der Waals surface area contributed by atoms with E-state index in [2.05, 4.69) is 0 Å². The van der Waals surface area contributed by atoms with E-state index >= 15 is 0 Å². The predicted molar refractivity (Wildman–Crippen MR) is 50.8 cm³/mol. The molecule has 2 rings (SSSR count). The quantitative estimate of drug-likeness (QED) is 0.740. The van der Waals surface area contributed by atoms with Crippen molar-refractivity contribution in [3.8, 4) is 5.75 Å². The van der Waals surface area contributed by atoms with E-state index in [1.54, 1.807) is 0 Å². The molecular formula is C9H8ClNO3. The Morgan fingerprint density at radius 2 is 2.36 bits per heavy atom. The maximum atomic E-state index is 10.7. The Bertz CT molecular complexity index is 405. The summed E-state index contributed by atoms with van der Waals surface area (Å²) in [5.41, 5.74) is 6.52. The Hall–Kier alpha value is -1.26. The molecule has 1 heterocycles. The molecule has 0 aliphatic carbocycles. The van der Waals surface area contributed by atoms with E-state index in [9.17, 15) is 4.79 Å². The summed E-state index contributed by atoms with van der Waals surface area (Å²) < 4.78 is 5.21. The first-order valence-corrected chi connectivity index (χ1v) is 4.42. The number of aromatic carboxylic acids is 1. The number of hydrogen-bond acceptors (Lipinski definition) is 3. The van der Waals surface area contributed by atoms with Crippen LogP contribution in [0, 0.1) is 0 Å². The predicted octanol–water partition coefficient (Wildman–Crippen LogP) is 1.43. The van der Waals surface area contributed by atoms with Crippen molar-refractivity contribution in [3.63, 3.8) is 0 Å². The fourth-order valence-electron chi connectivity index (χ4n) is 1.46. The summed E-state index contributed by atoms with van der Waals surface area (Å²) in [5.74, 6) is -0.554. The van der Waals surface area contributed by atoms with Gasteiger partial charge in [0.2, 0.25) is 0 Å². The summed E-state index contributed by atoms with van der Waals surface area (Å²) in [6.45, 7) is 0.345. The molecule has 74 valence electrons. The van der Waals surface area contributed by atoms with Crippen LogP contribution in [0.5, 0.6) is 5.75 Å². The molecule has 3 N–H and O–H groups in total. The maximum Gasteiger partial charge on any atom is 0.335 e. The number of carboxylic acids is 1. The Labute approximate surface area is 85.2 Å². The maximum absolute atomic E-state index is 10.7. The van der Waals surface area contributed by atoms with Crippen molar-refractivity contribution in [3.05, 3.63) is 28.3 Å². The molecule has 4 nitrogen and oxygen atoms in total. The number of rotatable bonds is 1. The van der Waals surface area contributed by atoms with Crippen LogP contribution in [-0.2, 0) is 0 Å². The summed E-state index contributed by atoms with van der Waals surface area (Å²) in [7, 11) is 0. The molecule has 0 amide bonds. The van der Waals surface area contributed by atoms with Crippen molar-refractivity contribution in [2.45, 2.75) is 6.04 Å². The number of nitrogens with two attached hydrogens (primary N) is 1. The molecule has 14 heavy (non-hydrogen) atoms. The lowest BCUT2D eigenvalue weighted by Crippen LogP contribution is -2.11. The van der Waals surface area contributed by atoms with E-state index in [1.165, 1.54) is 12.1 Å². The molecule has 0 saturated heterocycles. The number of ether oxygens (including phenoxy) is 1. The zero-order valence-electron chi connectivity index (χ0n) is 7.16. The zero-order valence-corrected chi connectivity index (χ0v) is 7.91. The third-order valence-corrected chi connectivity index (χ3v) is 2.44. The first-order valence-electron chi connectivity index (χ1n) is 4.04. The van der Waals surface area contributed by atoms with Crippen molar-refractivity contribution in [1.29, 1.82) is 0 Å². The van der Waals surface area contributed by atoms with Gasteiger partial charge in [-0.05, 0) is 12.1 Å². The molecule has 1 atom stereocenters. The second-order valence-electron chi connectivity index (χ2n) is 3.09. The average molecular weight is 214 g/mol. The number of halogens is 1. The summed E-state index contributed by atoms with van der Waals surface area (Å²) in [6.07, 6.45) is 0. The molecule has 1 aliphatic rings. The largest absolute Gasteiger partial charge is 0.491 e. The minimum Gasteiger partial charge on any atom is -0.491 e. The van der Waals surface area contributed by atoms with E-state index in [1.807, 2.05) is 0 Å². The van der Waals surface area contributed by atoms with Gasteiger partial charge < -0.3 is 15.6 Å². The lowest BCUT2D eigenvalue weighted by molar-refractivity contribution is 0.0696. The highest BCUT2D eigenvalue weighted by Gasteiger charge is 2.25. The number of carbonyl (C=O) groups is 1. The monoisotopic (exact) mass is 213 g/mol. The van der Waals surface area contributed by atoms with Crippen LogP contribution in [0.15, 0.2) is 12.1 Å². The van der Waals surface area contributed by atoms with Gasteiger partial charge in [0, 0.05) is 5.56 Å². The van der Waals surface area contributed by atoms with Crippen LogP contribution in [0.25, 0.3) is 0 Å². The minimum atomic E-state index is -1.03. The molecule has 1 aliphatic heterocycles. The molecule has 0 unspecified atom stereocenters. The van der Waals surface area contributed by atoms with Gasteiger partial charge in [-0.2, -0.15) is 0 Å². The summed E-state index contributed by atoms with van der Waals surface area (Å²) in [6, 6.07) is 2.56. The van der Waals surface area contributed by atoms with Crippen molar-refractivity contribution < 1.29 is 14.6 Å². The Balaban J connectivity index is 2.57. The molecule has 1 aromatic carbocycles. The van der Waals surface area contributed by atoms with Gasteiger partial charge in [-0.25, -0.2) is 4.79 Å². The van der Waals surface area contributed by atoms with Gasteiger partial charge in [-0.15, -0.1) is 0 Å². The van der Waals surface area contributed by atoms with Gasteiger partial charge in [0.15, 0.2) is 0 Å². The van der Waals surface area contributed by atoms with Crippen molar-refractivity contribution in [2.24, 2.45) is 5.73 Å². The fourth-order valence-corrected chi connectivity index (χ4v) is 1.81. The van der Waals surface area contributed by atoms with Gasteiger partial charge in [-0.3, -0.25) is 0 Å². The third-order valence-electron chi connectivity index (χ3n) is 2.13. The minimum absolute atomic E-state index is 0.114. The first-order chi connectivity index (χ1) is 6.59. The summed E-state index contributed by atoms with van der Waals surface area (Å²) in [5, 5.41) is 9.11.